The molecular formula is C21H21N3. The van der Waals surface area contributed by atoms with Crippen molar-refractivity contribution in [2.24, 2.45) is 7.05 Å². The van der Waals surface area contributed by atoms with Gasteiger partial charge in [0, 0.05) is 54.7 Å². The normalized spacial score (nSPS) is 17.4. The van der Waals surface area contributed by atoms with Crippen molar-refractivity contribution in [3.63, 3.8) is 0 Å². The Morgan fingerprint density at radius 1 is 1.12 bits per heavy atom. The van der Waals surface area contributed by atoms with E-state index in [2.05, 4.69) is 65.5 Å². The molecule has 1 atom stereocenters. The second kappa shape index (κ2) is 5.81. The van der Waals surface area contributed by atoms with Crippen LogP contribution in [0.25, 0.3) is 10.9 Å². The van der Waals surface area contributed by atoms with E-state index in [1.54, 1.807) is 12.4 Å². The fourth-order valence-corrected chi connectivity index (χ4v) is 3.72. The fourth-order valence-electron chi connectivity index (χ4n) is 3.72. The zero-order valence-corrected chi connectivity index (χ0v) is 14.4. The molecule has 3 heterocycles. The van der Waals surface area contributed by atoms with Gasteiger partial charge in [-0.25, -0.2) is 0 Å². The van der Waals surface area contributed by atoms with Gasteiger partial charge in [0.15, 0.2) is 0 Å². The number of likely N-dealkylation sites (N-methyl/N-ethyl adjacent to an activating group) is 1. The largest absolute Gasteiger partial charge is 0.346 e. The summed E-state index contributed by atoms with van der Waals surface area (Å²) < 4.78 is 2.34. The predicted octanol–water partition coefficient (Wildman–Crippen LogP) is 3.46. The van der Waals surface area contributed by atoms with Gasteiger partial charge >= 0.3 is 0 Å². The lowest BCUT2D eigenvalue weighted by atomic mass is 9.95. The van der Waals surface area contributed by atoms with Gasteiger partial charge in [-0.3, -0.25) is 4.98 Å². The topological polar surface area (TPSA) is 21.1 Å². The lowest BCUT2D eigenvalue weighted by Crippen LogP contribution is -2.30. The van der Waals surface area contributed by atoms with Crippen LogP contribution in [0.15, 0.2) is 42.7 Å². The molecule has 1 aliphatic rings. The van der Waals surface area contributed by atoms with Gasteiger partial charge in [0.05, 0.1) is 5.92 Å². The minimum Gasteiger partial charge on any atom is -0.346 e. The Morgan fingerprint density at radius 2 is 1.92 bits per heavy atom. The van der Waals surface area contributed by atoms with E-state index < -0.39 is 0 Å². The summed E-state index contributed by atoms with van der Waals surface area (Å²) in [5.74, 6) is 7.06. The molecule has 0 radical (unpaired) electrons. The third-order valence-electron chi connectivity index (χ3n) is 4.83. The predicted molar refractivity (Wildman–Crippen MR) is 97.8 cm³/mol. The summed E-state index contributed by atoms with van der Waals surface area (Å²) in [6, 6.07) is 10.7. The van der Waals surface area contributed by atoms with E-state index in [0.29, 0.717) is 0 Å². The first-order chi connectivity index (χ1) is 11.6. The highest BCUT2D eigenvalue weighted by atomic mass is 15.1. The summed E-state index contributed by atoms with van der Waals surface area (Å²) in [5, 5.41) is 1.37. The molecule has 2 aromatic heterocycles. The van der Waals surface area contributed by atoms with E-state index in [9.17, 15) is 0 Å². The summed E-state index contributed by atoms with van der Waals surface area (Å²) >= 11 is 0. The van der Waals surface area contributed by atoms with Crippen molar-refractivity contribution in [1.29, 1.82) is 0 Å². The molecular weight excluding hydrogens is 294 g/mol. The molecule has 3 aromatic rings. The van der Waals surface area contributed by atoms with E-state index in [1.165, 1.54) is 27.7 Å². The first-order valence-electron chi connectivity index (χ1n) is 8.31. The summed E-state index contributed by atoms with van der Waals surface area (Å²) in [5.41, 5.74) is 6.43. The quantitative estimate of drug-likeness (QED) is 0.592. The number of aromatic nitrogens is 2. The zero-order chi connectivity index (χ0) is 16.7. The minimum atomic E-state index is 0.227. The maximum Gasteiger partial charge on any atom is 0.0738 e. The van der Waals surface area contributed by atoms with Gasteiger partial charge < -0.3 is 9.47 Å². The minimum absolute atomic E-state index is 0.227. The summed E-state index contributed by atoms with van der Waals surface area (Å²) in [6.45, 7) is 4.11. The SMILES string of the molecule is Cc1ccc2c(c1)c1c(n2C)C(C#Cc2ccncc2)CN(C)C1. The number of fused-ring (bicyclic) bond motifs is 3. The molecule has 0 aliphatic carbocycles. The standard InChI is InChI=1S/C21H21N3/c1-15-4-7-20-18(12-15)19-14-23(2)13-17(21(19)24(20)3)6-5-16-8-10-22-11-9-16/h4,7-12,17H,13-14H2,1-3H3. The van der Waals surface area contributed by atoms with Gasteiger partial charge in [0.25, 0.3) is 0 Å². The molecule has 4 rings (SSSR count). The van der Waals surface area contributed by atoms with Crippen LogP contribution in [0.3, 0.4) is 0 Å². The molecule has 0 saturated heterocycles. The molecule has 0 fully saturated rings. The average molecular weight is 315 g/mol. The molecule has 0 saturated carbocycles. The van der Waals surface area contributed by atoms with E-state index in [0.717, 1.165) is 18.7 Å². The molecule has 24 heavy (non-hydrogen) atoms. The number of aryl methyl sites for hydroxylation is 2. The maximum atomic E-state index is 4.06. The van der Waals surface area contributed by atoms with Crippen molar-refractivity contribution in [2.45, 2.75) is 19.4 Å². The second-order valence-electron chi connectivity index (χ2n) is 6.70. The number of nitrogens with zero attached hydrogens (tertiary/aromatic N) is 3. The lowest BCUT2D eigenvalue weighted by molar-refractivity contribution is 0.298. The van der Waals surface area contributed by atoms with Gasteiger partial charge in [-0.05, 0) is 43.8 Å². The van der Waals surface area contributed by atoms with Crippen molar-refractivity contribution in [3.8, 4) is 11.8 Å². The molecule has 1 aliphatic heterocycles. The molecule has 0 amide bonds. The molecule has 1 unspecified atom stereocenters. The van der Waals surface area contributed by atoms with Gasteiger partial charge in [-0.15, -0.1) is 0 Å². The van der Waals surface area contributed by atoms with Crippen molar-refractivity contribution >= 4 is 10.9 Å². The second-order valence-corrected chi connectivity index (χ2v) is 6.70. The Labute approximate surface area is 142 Å². The number of pyridine rings is 1. The summed E-state index contributed by atoms with van der Waals surface area (Å²) in [4.78, 5) is 6.43. The van der Waals surface area contributed by atoms with Crippen molar-refractivity contribution in [3.05, 3.63) is 65.1 Å². The molecule has 0 N–H and O–H groups in total. The van der Waals surface area contributed by atoms with E-state index in [1.807, 2.05) is 12.1 Å². The average Bonchev–Trinajstić information content (AvgIpc) is 2.86. The van der Waals surface area contributed by atoms with Gasteiger partial charge in [-0.2, -0.15) is 0 Å². The number of rotatable bonds is 0. The van der Waals surface area contributed by atoms with E-state index >= 15 is 0 Å². The highest BCUT2D eigenvalue weighted by Crippen LogP contribution is 2.35. The first-order valence-corrected chi connectivity index (χ1v) is 8.31. The number of benzene rings is 1. The van der Waals surface area contributed by atoms with Gasteiger partial charge in [0.1, 0.15) is 0 Å². The molecule has 0 spiro atoms. The Kier molecular flexibility index (Phi) is 3.63. The van der Waals surface area contributed by atoms with Crippen LogP contribution in [-0.2, 0) is 13.6 Å². The Bertz CT molecular complexity index is 957. The van der Waals surface area contributed by atoms with Crippen molar-refractivity contribution in [2.75, 3.05) is 13.6 Å². The smallest absolute Gasteiger partial charge is 0.0738 e. The number of hydrogen-bond acceptors (Lipinski definition) is 2. The van der Waals surface area contributed by atoms with Crippen LogP contribution in [0.4, 0.5) is 0 Å². The number of hydrogen-bond donors (Lipinski definition) is 0. The molecule has 3 heteroatoms. The Morgan fingerprint density at radius 3 is 2.71 bits per heavy atom. The Balaban J connectivity index is 1.85. The van der Waals surface area contributed by atoms with Crippen molar-refractivity contribution in [1.82, 2.24) is 14.5 Å². The van der Waals surface area contributed by atoms with E-state index in [4.69, 9.17) is 0 Å². The molecule has 1 aromatic carbocycles. The zero-order valence-electron chi connectivity index (χ0n) is 14.4. The molecule has 120 valence electrons. The lowest BCUT2D eigenvalue weighted by Gasteiger charge is -2.28. The molecule has 3 nitrogen and oxygen atoms in total. The fraction of sp³-hybridized carbons (Fsp3) is 0.286. The van der Waals surface area contributed by atoms with E-state index in [-0.39, 0.29) is 5.92 Å². The van der Waals surface area contributed by atoms with Crippen LogP contribution in [0.1, 0.15) is 28.3 Å². The summed E-state index contributed by atoms with van der Waals surface area (Å²) in [7, 11) is 4.35. The monoisotopic (exact) mass is 315 g/mol. The summed E-state index contributed by atoms with van der Waals surface area (Å²) in [6.07, 6.45) is 3.59. The van der Waals surface area contributed by atoms with Crippen LogP contribution < -0.4 is 0 Å². The maximum absolute atomic E-state index is 4.06. The van der Waals surface area contributed by atoms with Crippen LogP contribution in [0, 0.1) is 18.8 Å². The van der Waals surface area contributed by atoms with Crippen molar-refractivity contribution < 1.29 is 0 Å². The molecule has 0 bridgehead atoms. The Hall–Kier alpha value is -2.57. The highest BCUT2D eigenvalue weighted by Gasteiger charge is 2.27. The van der Waals surface area contributed by atoms with Crippen LogP contribution in [-0.4, -0.2) is 28.0 Å². The van der Waals surface area contributed by atoms with Crippen LogP contribution in [0.5, 0.6) is 0 Å². The first kappa shape index (κ1) is 15.0. The third-order valence-corrected chi connectivity index (χ3v) is 4.83. The highest BCUT2D eigenvalue weighted by molar-refractivity contribution is 5.87. The van der Waals surface area contributed by atoms with Gasteiger partial charge in [-0.1, -0.05) is 23.5 Å². The van der Waals surface area contributed by atoms with Crippen LogP contribution in [0.2, 0.25) is 0 Å². The van der Waals surface area contributed by atoms with Crippen LogP contribution >= 0.6 is 0 Å². The third kappa shape index (κ3) is 2.50. The van der Waals surface area contributed by atoms with Gasteiger partial charge in [0.2, 0.25) is 0 Å².